The first-order valence-electron chi connectivity index (χ1n) is 5.69. The van der Waals surface area contributed by atoms with Gasteiger partial charge in [-0.3, -0.25) is 4.98 Å². The highest BCUT2D eigenvalue weighted by molar-refractivity contribution is 5.23. The molecule has 0 aromatic carbocycles. The van der Waals surface area contributed by atoms with Gasteiger partial charge >= 0.3 is 0 Å². The van der Waals surface area contributed by atoms with Crippen LogP contribution in [-0.4, -0.2) is 4.98 Å². The molecule has 0 aliphatic carbocycles. The van der Waals surface area contributed by atoms with E-state index in [4.69, 9.17) is 0 Å². The minimum absolute atomic E-state index is 0.833. The van der Waals surface area contributed by atoms with Crippen LogP contribution in [0, 0.1) is 5.92 Å². The number of aromatic nitrogens is 1. The Kier molecular flexibility index (Phi) is 4.64. The molecule has 0 N–H and O–H groups in total. The zero-order valence-corrected chi connectivity index (χ0v) is 9.59. The van der Waals surface area contributed by atoms with Gasteiger partial charge in [-0.15, -0.1) is 0 Å². The standard InChI is InChI=1S/C13H21N/c1-4-11(3)6-7-13-10-14-9-8-12(13)5-2/h8-11H,4-7H2,1-3H3. The van der Waals surface area contributed by atoms with Gasteiger partial charge in [-0.05, 0) is 42.4 Å². The zero-order chi connectivity index (χ0) is 10.4. The summed E-state index contributed by atoms with van der Waals surface area (Å²) in [7, 11) is 0. The molecule has 0 saturated carbocycles. The fourth-order valence-corrected chi connectivity index (χ4v) is 1.63. The van der Waals surface area contributed by atoms with E-state index in [-0.39, 0.29) is 0 Å². The van der Waals surface area contributed by atoms with Crippen LogP contribution in [0.2, 0.25) is 0 Å². The fourth-order valence-electron chi connectivity index (χ4n) is 1.63. The van der Waals surface area contributed by atoms with Crippen LogP contribution in [0.4, 0.5) is 0 Å². The van der Waals surface area contributed by atoms with Gasteiger partial charge in [-0.2, -0.15) is 0 Å². The lowest BCUT2D eigenvalue weighted by molar-refractivity contribution is 0.515. The minimum atomic E-state index is 0.833. The summed E-state index contributed by atoms with van der Waals surface area (Å²) in [5.41, 5.74) is 2.90. The predicted molar refractivity (Wildman–Crippen MR) is 61.4 cm³/mol. The van der Waals surface area contributed by atoms with Crippen molar-refractivity contribution in [1.82, 2.24) is 4.98 Å². The van der Waals surface area contributed by atoms with E-state index in [1.807, 2.05) is 12.4 Å². The van der Waals surface area contributed by atoms with Crippen molar-refractivity contribution in [1.29, 1.82) is 0 Å². The van der Waals surface area contributed by atoms with Crippen LogP contribution in [0.25, 0.3) is 0 Å². The van der Waals surface area contributed by atoms with E-state index >= 15 is 0 Å². The highest BCUT2D eigenvalue weighted by Gasteiger charge is 2.03. The summed E-state index contributed by atoms with van der Waals surface area (Å²) < 4.78 is 0. The molecular formula is C13H21N. The Morgan fingerprint density at radius 2 is 2.07 bits per heavy atom. The molecule has 1 nitrogen and oxygen atoms in total. The first-order valence-corrected chi connectivity index (χ1v) is 5.69. The lowest BCUT2D eigenvalue weighted by Gasteiger charge is -2.10. The molecule has 1 atom stereocenters. The molecule has 0 aliphatic rings. The van der Waals surface area contributed by atoms with Gasteiger partial charge in [0.2, 0.25) is 0 Å². The van der Waals surface area contributed by atoms with Crippen molar-refractivity contribution in [3.05, 3.63) is 29.6 Å². The molecule has 1 heteroatoms. The molecule has 1 aromatic heterocycles. The van der Waals surface area contributed by atoms with Gasteiger partial charge in [0, 0.05) is 12.4 Å². The molecule has 78 valence electrons. The summed E-state index contributed by atoms with van der Waals surface area (Å²) in [4.78, 5) is 4.20. The van der Waals surface area contributed by atoms with Crippen LogP contribution in [-0.2, 0) is 12.8 Å². The molecule has 0 aliphatic heterocycles. The van der Waals surface area contributed by atoms with E-state index in [9.17, 15) is 0 Å². The number of rotatable bonds is 5. The lowest BCUT2D eigenvalue weighted by atomic mass is 9.97. The summed E-state index contributed by atoms with van der Waals surface area (Å²) in [5.74, 6) is 0.833. The largest absolute Gasteiger partial charge is 0.264 e. The highest BCUT2D eigenvalue weighted by atomic mass is 14.6. The summed E-state index contributed by atoms with van der Waals surface area (Å²) >= 11 is 0. The van der Waals surface area contributed by atoms with Crippen molar-refractivity contribution < 1.29 is 0 Å². The maximum absolute atomic E-state index is 4.20. The van der Waals surface area contributed by atoms with Gasteiger partial charge in [0.15, 0.2) is 0 Å². The van der Waals surface area contributed by atoms with E-state index in [0.717, 1.165) is 12.3 Å². The average Bonchev–Trinajstić information content (AvgIpc) is 2.26. The number of hydrogen-bond donors (Lipinski definition) is 0. The van der Waals surface area contributed by atoms with E-state index < -0.39 is 0 Å². The molecule has 0 radical (unpaired) electrons. The van der Waals surface area contributed by atoms with Crippen LogP contribution in [0.1, 0.15) is 44.7 Å². The van der Waals surface area contributed by atoms with Crippen molar-refractivity contribution in [2.45, 2.75) is 46.5 Å². The normalized spacial score (nSPS) is 12.8. The van der Waals surface area contributed by atoms with Gasteiger partial charge in [0.25, 0.3) is 0 Å². The van der Waals surface area contributed by atoms with Gasteiger partial charge in [0.05, 0.1) is 0 Å². The number of aryl methyl sites for hydroxylation is 2. The Bertz CT molecular complexity index is 268. The second-order valence-corrected chi connectivity index (χ2v) is 4.05. The third-order valence-corrected chi connectivity index (χ3v) is 2.99. The maximum atomic E-state index is 4.20. The van der Waals surface area contributed by atoms with E-state index in [2.05, 4.69) is 31.8 Å². The fraction of sp³-hybridized carbons (Fsp3) is 0.615. The Hall–Kier alpha value is -0.850. The monoisotopic (exact) mass is 191 g/mol. The van der Waals surface area contributed by atoms with E-state index in [1.165, 1.54) is 30.4 Å². The zero-order valence-electron chi connectivity index (χ0n) is 9.59. The van der Waals surface area contributed by atoms with Gasteiger partial charge in [0.1, 0.15) is 0 Å². The summed E-state index contributed by atoms with van der Waals surface area (Å²) in [5, 5.41) is 0. The van der Waals surface area contributed by atoms with Crippen molar-refractivity contribution in [2.24, 2.45) is 5.92 Å². The van der Waals surface area contributed by atoms with Crippen LogP contribution < -0.4 is 0 Å². The number of nitrogens with zero attached hydrogens (tertiary/aromatic N) is 1. The molecule has 0 saturated heterocycles. The molecule has 0 bridgehead atoms. The third-order valence-electron chi connectivity index (χ3n) is 2.99. The van der Waals surface area contributed by atoms with E-state index in [1.54, 1.807) is 0 Å². The van der Waals surface area contributed by atoms with Gasteiger partial charge < -0.3 is 0 Å². The summed E-state index contributed by atoms with van der Waals surface area (Å²) in [6.45, 7) is 6.79. The van der Waals surface area contributed by atoms with Gasteiger partial charge in [-0.25, -0.2) is 0 Å². The van der Waals surface area contributed by atoms with Crippen molar-refractivity contribution >= 4 is 0 Å². The Morgan fingerprint density at radius 1 is 1.29 bits per heavy atom. The third kappa shape index (κ3) is 3.13. The molecule has 0 fully saturated rings. The topological polar surface area (TPSA) is 12.9 Å². The Balaban J connectivity index is 2.57. The Morgan fingerprint density at radius 3 is 2.71 bits per heavy atom. The quantitative estimate of drug-likeness (QED) is 0.692. The molecule has 1 rings (SSSR count). The second kappa shape index (κ2) is 5.79. The molecule has 14 heavy (non-hydrogen) atoms. The first kappa shape index (κ1) is 11.2. The van der Waals surface area contributed by atoms with Crippen molar-refractivity contribution in [2.75, 3.05) is 0 Å². The van der Waals surface area contributed by atoms with Crippen molar-refractivity contribution in [3.8, 4) is 0 Å². The van der Waals surface area contributed by atoms with Gasteiger partial charge in [-0.1, -0.05) is 27.2 Å². The Labute approximate surface area is 87.6 Å². The predicted octanol–water partition coefficient (Wildman–Crippen LogP) is 3.62. The molecular weight excluding hydrogens is 170 g/mol. The summed E-state index contributed by atoms with van der Waals surface area (Å²) in [6, 6.07) is 2.14. The van der Waals surface area contributed by atoms with Crippen LogP contribution in [0.3, 0.4) is 0 Å². The van der Waals surface area contributed by atoms with Crippen LogP contribution in [0.15, 0.2) is 18.5 Å². The lowest BCUT2D eigenvalue weighted by Crippen LogP contribution is -1.99. The van der Waals surface area contributed by atoms with E-state index in [0.29, 0.717) is 0 Å². The molecule has 1 unspecified atom stereocenters. The smallest absolute Gasteiger partial charge is 0.0302 e. The minimum Gasteiger partial charge on any atom is -0.264 e. The maximum Gasteiger partial charge on any atom is 0.0302 e. The molecule has 1 aromatic rings. The van der Waals surface area contributed by atoms with Crippen LogP contribution in [0.5, 0.6) is 0 Å². The highest BCUT2D eigenvalue weighted by Crippen LogP contribution is 2.15. The van der Waals surface area contributed by atoms with Crippen molar-refractivity contribution in [3.63, 3.8) is 0 Å². The molecule has 0 spiro atoms. The SMILES string of the molecule is CCc1ccncc1CCC(C)CC. The number of pyridine rings is 1. The summed E-state index contributed by atoms with van der Waals surface area (Å²) in [6.07, 6.45) is 8.80. The molecule has 0 amide bonds. The second-order valence-electron chi connectivity index (χ2n) is 4.05. The van der Waals surface area contributed by atoms with Crippen LogP contribution >= 0.6 is 0 Å². The first-order chi connectivity index (χ1) is 6.77. The average molecular weight is 191 g/mol. The number of hydrogen-bond acceptors (Lipinski definition) is 1. The molecule has 1 heterocycles.